The fraction of sp³-hybridized carbons (Fsp3) is 0.214. The number of thiophene rings is 1. The highest BCUT2D eigenvalue weighted by atomic mass is 79.9. The second-order valence-electron chi connectivity index (χ2n) is 4.60. The molecule has 1 fully saturated rings. The number of hydrogen-bond donors (Lipinski definition) is 1. The van der Waals surface area contributed by atoms with Crippen LogP contribution < -0.4 is 0 Å². The fourth-order valence-electron chi connectivity index (χ4n) is 2.40. The number of hydrogen-bond acceptors (Lipinski definition) is 4. The number of amides is 1. The Labute approximate surface area is 129 Å². The minimum absolute atomic E-state index is 0.0484. The van der Waals surface area contributed by atoms with E-state index >= 15 is 0 Å². The van der Waals surface area contributed by atoms with Crippen LogP contribution in [0, 0.1) is 0 Å². The van der Waals surface area contributed by atoms with E-state index in [0.717, 1.165) is 10.0 Å². The summed E-state index contributed by atoms with van der Waals surface area (Å²) in [4.78, 5) is 14.2. The lowest BCUT2D eigenvalue weighted by atomic mass is 10.1. The molecule has 0 spiro atoms. The third kappa shape index (κ3) is 2.52. The van der Waals surface area contributed by atoms with Crippen molar-refractivity contribution >= 4 is 33.2 Å². The summed E-state index contributed by atoms with van der Waals surface area (Å²) in [7, 11) is 0. The van der Waals surface area contributed by atoms with E-state index in [1.807, 2.05) is 41.1 Å². The fourth-order valence-corrected chi connectivity index (χ4v) is 3.45. The third-order valence-electron chi connectivity index (χ3n) is 3.32. The minimum atomic E-state index is -0.431. The molecule has 6 heteroatoms. The second-order valence-corrected chi connectivity index (χ2v) is 6.30. The van der Waals surface area contributed by atoms with Gasteiger partial charge in [0.05, 0.1) is 5.56 Å². The first-order valence-electron chi connectivity index (χ1n) is 6.21. The zero-order chi connectivity index (χ0) is 14.1. The third-order valence-corrected chi connectivity index (χ3v) is 4.50. The summed E-state index contributed by atoms with van der Waals surface area (Å²) in [5.74, 6) is -0.0484. The number of halogens is 1. The monoisotopic (exact) mass is 352 g/mol. The molecule has 3 rings (SSSR count). The Morgan fingerprint density at radius 3 is 2.90 bits per heavy atom. The Hall–Kier alpha value is -1.21. The van der Waals surface area contributed by atoms with Crippen LogP contribution in [0.2, 0.25) is 0 Å². The van der Waals surface area contributed by atoms with Gasteiger partial charge in [-0.3, -0.25) is 4.79 Å². The number of benzene rings is 1. The Morgan fingerprint density at radius 1 is 1.35 bits per heavy atom. The molecule has 0 radical (unpaired) electrons. The molecule has 2 aromatic rings. The summed E-state index contributed by atoms with van der Waals surface area (Å²) < 4.78 is 0.929. The highest BCUT2D eigenvalue weighted by Gasteiger charge is 2.36. The molecule has 1 N–H and O–H groups in total. The predicted molar refractivity (Wildman–Crippen MR) is 80.7 cm³/mol. The molecule has 1 aliphatic rings. The molecule has 1 unspecified atom stereocenters. The summed E-state index contributed by atoms with van der Waals surface area (Å²) in [5, 5.41) is 15.0. The van der Waals surface area contributed by atoms with Crippen molar-refractivity contribution in [1.29, 1.82) is 0 Å². The van der Waals surface area contributed by atoms with E-state index in [0.29, 0.717) is 18.7 Å². The first-order valence-corrected chi connectivity index (χ1v) is 7.94. The van der Waals surface area contributed by atoms with Gasteiger partial charge in [-0.1, -0.05) is 28.1 Å². The Morgan fingerprint density at radius 2 is 2.20 bits per heavy atom. The summed E-state index contributed by atoms with van der Waals surface area (Å²) in [6, 6.07) is 9.47. The van der Waals surface area contributed by atoms with Crippen LogP contribution in [0.25, 0.3) is 0 Å². The van der Waals surface area contributed by atoms with Gasteiger partial charge < -0.3 is 10.1 Å². The van der Waals surface area contributed by atoms with Crippen molar-refractivity contribution in [1.82, 2.24) is 9.96 Å². The Bertz CT molecular complexity index is 617. The molecule has 1 aromatic carbocycles. The molecule has 4 nitrogen and oxygen atoms in total. The molecule has 1 aliphatic heterocycles. The van der Waals surface area contributed by atoms with Crippen molar-refractivity contribution in [3.05, 3.63) is 56.7 Å². The van der Waals surface area contributed by atoms with Gasteiger partial charge in [0.15, 0.2) is 0 Å². The SMILES string of the molecule is O=C(c1ccsc1)N1CCN(O)C1c1cccc(Br)c1. The van der Waals surface area contributed by atoms with Gasteiger partial charge in [0, 0.05) is 22.9 Å². The average Bonchev–Trinajstić information content (AvgIpc) is 3.07. The molecular weight excluding hydrogens is 340 g/mol. The highest BCUT2D eigenvalue weighted by molar-refractivity contribution is 9.10. The van der Waals surface area contributed by atoms with Crippen molar-refractivity contribution in [2.45, 2.75) is 6.17 Å². The van der Waals surface area contributed by atoms with Crippen LogP contribution in [0.4, 0.5) is 0 Å². The van der Waals surface area contributed by atoms with Crippen LogP contribution in [0.15, 0.2) is 45.6 Å². The Kier molecular flexibility index (Phi) is 3.89. The zero-order valence-electron chi connectivity index (χ0n) is 10.6. The van der Waals surface area contributed by atoms with Crippen molar-refractivity contribution in [3.8, 4) is 0 Å². The quantitative estimate of drug-likeness (QED) is 0.901. The summed E-state index contributed by atoms with van der Waals surface area (Å²) in [6.07, 6.45) is -0.431. The van der Waals surface area contributed by atoms with E-state index in [1.165, 1.54) is 16.4 Å². The minimum Gasteiger partial charge on any atom is -0.315 e. The number of carbonyl (C=O) groups is 1. The number of carbonyl (C=O) groups excluding carboxylic acids is 1. The van der Waals surface area contributed by atoms with Gasteiger partial charge in [0.25, 0.3) is 5.91 Å². The van der Waals surface area contributed by atoms with E-state index in [1.54, 1.807) is 4.90 Å². The van der Waals surface area contributed by atoms with Crippen LogP contribution in [0.1, 0.15) is 22.1 Å². The van der Waals surface area contributed by atoms with Gasteiger partial charge in [-0.05, 0) is 29.1 Å². The molecule has 20 heavy (non-hydrogen) atoms. The van der Waals surface area contributed by atoms with Gasteiger partial charge >= 0.3 is 0 Å². The number of nitrogens with zero attached hydrogens (tertiary/aromatic N) is 2. The highest BCUT2D eigenvalue weighted by Crippen LogP contribution is 2.31. The van der Waals surface area contributed by atoms with Gasteiger partial charge in [-0.2, -0.15) is 16.4 Å². The van der Waals surface area contributed by atoms with Gasteiger partial charge in [-0.15, -0.1) is 0 Å². The standard InChI is InChI=1S/C14H13BrN2O2S/c15-12-3-1-2-10(8-12)13-16(5-6-17(13)19)14(18)11-4-7-20-9-11/h1-4,7-9,13,19H,5-6H2. The van der Waals surface area contributed by atoms with E-state index in [2.05, 4.69) is 15.9 Å². The molecule has 2 heterocycles. The zero-order valence-corrected chi connectivity index (χ0v) is 13.0. The Balaban J connectivity index is 1.93. The topological polar surface area (TPSA) is 43.8 Å². The van der Waals surface area contributed by atoms with Crippen molar-refractivity contribution in [2.75, 3.05) is 13.1 Å². The predicted octanol–water partition coefficient (Wildman–Crippen LogP) is 3.36. The maximum atomic E-state index is 12.5. The number of rotatable bonds is 2. The molecule has 1 saturated heterocycles. The molecule has 0 saturated carbocycles. The lowest BCUT2D eigenvalue weighted by Gasteiger charge is -2.27. The maximum Gasteiger partial charge on any atom is 0.256 e. The van der Waals surface area contributed by atoms with Crippen molar-refractivity contribution in [3.63, 3.8) is 0 Å². The van der Waals surface area contributed by atoms with Crippen molar-refractivity contribution in [2.24, 2.45) is 0 Å². The van der Waals surface area contributed by atoms with Crippen molar-refractivity contribution < 1.29 is 10.0 Å². The molecule has 1 amide bonds. The van der Waals surface area contributed by atoms with E-state index in [-0.39, 0.29) is 5.91 Å². The molecule has 104 valence electrons. The van der Waals surface area contributed by atoms with E-state index in [9.17, 15) is 10.0 Å². The second kappa shape index (κ2) is 5.65. The van der Waals surface area contributed by atoms with Gasteiger partial charge in [-0.25, -0.2) is 0 Å². The lowest BCUT2D eigenvalue weighted by Crippen LogP contribution is -2.34. The molecule has 1 atom stereocenters. The summed E-state index contributed by atoms with van der Waals surface area (Å²) in [6.45, 7) is 0.968. The van der Waals surface area contributed by atoms with Gasteiger partial charge in [0.2, 0.25) is 0 Å². The van der Waals surface area contributed by atoms with Crippen LogP contribution in [0.3, 0.4) is 0 Å². The van der Waals surface area contributed by atoms with Crippen LogP contribution in [-0.4, -0.2) is 34.2 Å². The van der Waals surface area contributed by atoms with Crippen LogP contribution in [-0.2, 0) is 0 Å². The molecule has 0 aliphatic carbocycles. The average molecular weight is 353 g/mol. The molecular formula is C14H13BrN2O2S. The van der Waals surface area contributed by atoms with E-state index < -0.39 is 6.17 Å². The van der Waals surface area contributed by atoms with Crippen LogP contribution >= 0.6 is 27.3 Å². The van der Waals surface area contributed by atoms with E-state index in [4.69, 9.17) is 0 Å². The summed E-state index contributed by atoms with van der Waals surface area (Å²) in [5.41, 5.74) is 1.56. The number of hydroxylamine groups is 2. The van der Waals surface area contributed by atoms with Crippen LogP contribution in [0.5, 0.6) is 0 Å². The lowest BCUT2D eigenvalue weighted by molar-refractivity contribution is -0.122. The first-order chi connectivity index (χ1) is 9.66. The molecule has 1 aromatic heterocycles. The maximum absolute atomic E-state index is 12.5. The first kappa shape index (κ1) is 13.8. The smallest absolute Gasteiger partial charge is 0.256 e. The normalized spacial score (nSPS) is 19.5. The summed E-state index contributed by atoms with van der Waals surface area (Å²) >= 11 is 4.92. The van der Waals surface area contributed by atoms with Gasteiger partial charge in [0.1, 0.15) is 6.17 Å². The molecule has 0 bridgehead atoms. The largest absolute Gasteiger partial charge is 0.315 e.